The van der Waals surface area contributed by atoms with Gasteiger partial charge in [0.15, 0.2) is 0 Å². The number of hydrogen-bond acceptors (Lipinski definition) is 1. The third kappa shape index (κ3) is 4.78. The van der Waals surface area contributed by atoms with Crippen molar-refractivity contribution in [2.75, 3.05) is 6.54 Å². The second-order valence-electron chi connectivity index (χ2n) is 5.15. The molecular formula is C16H22N2O. The van der Waals surface area contributed by atoms with Crippen molar-refractivity contribution in [3.8, 4) is 0 Å². The van der Waals surface area contributed by atoms with Crippen LogP contribution in [0.4, 0.5) is 4.79 Å². The molecule has 0 spiro atoms. The largest absolute Gasteiger partial charge is 0.338 e. The number of rotatable bonds is 4. The van der Waals surface area contributed by atoms with Crippen LogP contribution in [0.3, 0.4) is 0 Å². The Bertz CT molecular complexity index is 458. The van der Waals surface area contributed by atoms with Crippen LogP contribution in [0.15, 0.2) is 36.0 Å². The highest BCUT2D eigenvalue weighted by atomic mass is 16.2. The molecule has 1 saturated carbocycles. The molecule has 0 bridgehead atoms. The number of hydrogen-bond donors (Lipinski definition) is 2. The fourth-order valence-electron chi connectivity index (χ4n) is 2.38. The van der Waals surface area contributed by atoms with E-state index in [0.717, 1.165) is 19.3 Å². The molecule has 2 amide bonds. The van der Waals surface area contributed by atoms with Crippen molar-refractivity contribution in [2.24, 2.45) is 0 Å². The molecule has 3 heteroatoms. The standard InChI is InChI=1S/C16H22N2O/c1-13-5-4-8-14(11-13)9-10-17-16(19)18-12-15-6-2-3-7-15/h4-5,8,11-12H,2-3,6-7,9-10H2,1H3,(H2,17,18,19). The van der Waals surface area contributed by atoms with Crippen molar-refractivity contribution in [1.29, 1.82) is 0 Å². The van der Waals surface area contributed by atoms with Gasteiger partial charge < -0.3 is 10.6 Å². The van der Waals surface area contributed by atoms with Gasteiger partial charge in [0.05, 0.1) is 0 Å². The normalized spacial score (nSPS) is 14.3. The molecule has 1 aromatic rings. The lowest BCUT2D eigenvalue weighted by Gasteiger charge is -2.06. The topological polar surface area (TPSA) is 41.1 Å². The van der Waals surface area contributed by atoms with Gasteiger partial charge in [0.1, 0.15) is 0 Å². The number of amides is 2. The molecule has 2 rings (SSSR count). The Labute approximate surface area is 115 Å². The predicted molar refractivity (Wildman–Crippen MR) is 78.0 cm³/mol. The fourth-order valence-corrected chi connectivity index (χ4v) is 2.38. The first-order valence-corrected chi connectivity index (χ1v) is 7.02. The Morgan fingerprint density at radius 2 is 2.11 bits per heavy atom. The quantitative estimate of drug-likeness (QED) is 0.855. The van der Waals surface area contributed by atoms with Gasteiger partial charge in [-0.2, -0.15) is 0 Å². The van der Waals surface area contributed by atoms with Gasteiger partial charge in [-0.1, -0.05) is 35.4 Å². The predicted octanol–water partition coefficient (Wildman–Crippen LogP) is 3.29. The SMILES string of the molecule is Cc1cccc(CCNC(=O)NC=C2CCCC2)c1. The summed E-state index contributed by atoms with van der Waals surface area (Å²) in [6.07, 6.45) is 7.50. The monoisotopic (exact) mass is 258 g/mol. The van der Waals surface area contributed by atoms with Crippen molar-refractivity contribution < 1.29 is 4.79 Å². The second-order valence-corrected chi connectivity index (χ2v) is 5.15. The Morgan fingerprint density at radius 1 is 1.32 bits per heavy atom. The van der Waals surface area contributed by atoms with E-state index in [1.165, 1.54) is 29.5 Å². The van der Waals surface area contributed by atoms with E-state index in [1.807, 2.05) is 6.20 Å². The number of allylic oxidation sites excluding steroid dienone is 1. The van der Waals surface area contributed by atoms with Crippen LogP contribution >= 0.6 is 0 Å². The molecule has 1 aliphatic rings. The molecule has 1 fully saturated rings. The van der Waals surface area contributed by atoms with Crippen LogP contribution < -0.4 is 10.6 Å². The Kier molecular flexibility index (Phi) is 5.01. The number of carbonyl (C=O) groups is 1. The van der Waals surface area contributed by atoms with Gasteiger partial charge in [-0.25, -0.2) is 4.79 Å². The molecule has 0 saturated heterocycles. The zero-order valence-corrected chi connectivity index (χ0v) is 11.5. The van der Waals surface area contributed by atoms with E-state index in [9.17, 15) is 4.79 Å². The van der Waals surface area contributed by atoms with E-state index in [-0.39, 0.29) is 6.03 Å². The van der Waals surface area contributed by atoms with Crippen LogP contribution in [-0.2, 0) is 6.42 Å². The minimum atomic E-state index is -0.105. The summed E-state index contributed by atoms with van der Waals surface area (Å²) < 4.78 is 0. The van der Waals surface area contributed by atoms with Gasteiger partial charge in [-0.3, -0.25) is 0 Å². The average Bonchev–Trinajstić information content (AvgIpc) is 2.89. The number of aryl methyl sites for hydroxylation is 1. The highest BCUT2D eigenvalue weighted by molar-refractivity contribution is 5.74. The number of urea groups is 1. The highest BCUT2D eigenvalue weighted by Crippen LogP contribution is 2.22. The lowest BCUT2D eigenvalue weighted by atomic mass is 10.1. The van der Waals surface area contributed by atoms with Crippen molar-refractivity contribution in [3.05, 3.63) is 47.2 Å². The van der Waals surface area contributed by atoms with E-state index in [1.54, 1.807) is 0 Å². The molecule has 0 aromatic heterocycles. The van der Waals surface area contributed by atoms with Crippen LogP contribution in [0, 0.1) is 6.92 Å². The van der Waals surface area contributed by atoms with E-state index >= 15 is 0 Å². The first-order chi connectivity index (χ1) is 9.24. The van der Waals surface area contributed by atoms with E-state index in [0.29, 0.717) is 6.54 Å². The Balaban J connectivity index is 1.67. The number of nitrogens with one attached hydrogen (secondary N) is 2. The highest BCUT2D eigenvalue weighted by Gasteiger charge is 2.06. The minimum Gasteiger partial charge on any atom is -0.338 e. The summed E-state index contributed by atoms with van der Waals surface area (Å²) in [7, 11) is 0. The maximum atomic E-state index is 11.6. The Hall–Kier alpha value is -1.77. The summed E-state index contributed by atoms with van der Waals surface area (Å²) in [5, 5.41) is 5.69. The summed E-state index contributed by atoms with van der Waals surface area (Å²) in [6, 6.07) is 8.27. The average molecular weight is 258 g/mol. The molecule has 2 N–H and O–H groups in total. The molecule has 0 radical (unpaired) electrons. The summed E-state index contributed by atoms with van der Waals surface area (Å²) in [5.41, 5.74) is 3.87. The van der Waals surface area contributed by atoms with Gasteiger partial charge in [0, 0.05) is 12.7 Å². The lowest BCUT2D eigenvalue weighted by Crippen LogP contribution is -2.33. The van der Waals surface area contributed by atoms with Crippen molar-refractivity contribution in [2.45, 2.75) is 39.0 Å². The molecule has 0 unspecified atom stereocenters. The molecular weight excluding hydrogens is 236 g/mol. The fraction of sp³-hybridized carbons (Fsp3) is 0.438. The first-order valence-electron chi connectivity index (χ1n) is 7.02. The van der Waals surface area contributed by atoms with Crippen LogP contribution in [0.5, 0.6) is 0 Å². The van der Waals surface area contributed by atoms with Gasteiger partial charge in [0.2, 0.25) is 0 Å². The molecule has 3 nitrogen and oxygen atoms in total. The summed E-state index contributed by atoms with van der Waals surface area (Å²) >= 11 is 0. The molecule has 0 atom stereocenters. The molecule has 0 heterocycles. The maximum absolute atomic E-state index is 11.6. The molecule has 1 aliphatic carbocycles. The minimum absolute atomic E-state index is 0.105. The molecule has 102 valence electrons. The van der Waals surface area contributed by atoms with Gasteiger partial charge in [0.25, 0.3) is 0 Å². The zero-order valence-electron chi connectivity index (χ0n) is 11.5. The van der Waals surface area contributed by atoms with Crippen molar-refractivity contribution in [1.82, 2.24) is 10.6 Å². The van der Waals surface area contributed by atoms with Crippen molar-refractivity contribution in [3.63, 3.8) is 0 Å². The smallest absolute Gasteiger partial charge is 0.318 e. The van der Waals surface area contributed by atoms with Crippen LogP contribution in [0.2, 0.25) is 0 Å². The van der Waals surface area contributed by atoms with Gasteiger partial charge >= 0.3 is 6.03 Å². The lowest BCUT2D eigenvalue weighted by molar-refractivity contribution is 0.244. The van der Waals surface area contributed by atoms with Crippen molar-refractivity contribution >= 4 is 6.03 Å². The summed E-state index contributed by atoms with van der Waals surface area (Å²) in [4.78, 5) is 11.6. The first kappa shape index (κ1) is 13.7. The summed E-state index contributed by atoms with van der Waals surface area (Å²) in [6.45, 7) is 2.75. The molecule has 1 aromatic carbocycles. The zero-order chi connectivity index (χ0) is 13.5. The third-order valence-corrected chi connectivity index (χ3v) is 3.43. The number of benzene rings is 1. The number of carbonyl (C=O) groups excluding carboxylic acids is 1. The van der Waals surface area contributed by atoms with Gasteiger partial charge in [-0.05, 0) is 44.6 Å². The summed E-state index contributed by atoms with van der Waals surface area (Å²) in [5.74, 6) is 0. The molecule has 19 heavy (non-hydrogen) atoms. The van der Waals surface area contributed by atoms with Crippen LogP contribution in [-0.4, -0.2) is 12.6 Å². The van der Waals surface area contributed by atoms with E-state index in [4.69, 9.17) is 0 Å². The molecule has 0 aliphatic heterocycles. The van der Waals surface area contributed by atoms with E-state index < -0.39 is 0 Å². The Morgan fingerprint density at radius 3 is 2.84 bits per heavy atom. The van der Waals surface area contributed by atoms with Crippen LogP contribution in [0.25, 0.3) is 0 Å². The van der Waals surface area contributed by atoms with Crippen LogP contribution in [0.1, 0.15) is 36.8 Å². The maximum Gasteiger partial charge on any atom is 0.318 e. The van der Waals surface area contributed by atoms with Gasteiger partial charge in [-0.15, -0.1) is 0 Å². The van der Waals surface area contributed by atoms with E-state index in [2.05, 4.69) is 41.8 Å². The third-order valence-electron chi connectivity index (χ3n) is 3.43. The second kappa shape index (κ2) is 6.98.